The van der Waals surface area contributed by atoms with Gasteiger partial charge in [0.25, 0.3) is 0 Å². The van der Waals surface area contributed by atoms with Gasteiger partial charge in [0.15, 0.2) is 0 Å². The highest BCUT2D eigenvalue weighted by molar-refractivity contribution is 6.26. The van der Waals surface area contributed by atoms with E-state index in [1.165, 1.54) is 66.1 Å². The van der Waals surface area contributed by atoms with Gasteiger partial charge in [-0.1, -0.05) is 91.0 Å². The highest BCUT2D eigenvalue weighted by Gasteiger charge is 2.20. The second-order valence-corrected chi connectivity index (χ2v) is 10.1. The van der Waals surface area contributed by atoms with Crippen molar-refractivity contribution in [2.75, 3.05) is 0 Å². The Morgan fingerprint density at radius 2 is 1.16 bits per heavy atom. The smallest absolute Gasteiger partial charge is 0.0641 e. The van der Waals surface area contributed by atoms with E-state index in [2.05, 4.69) is 143 Å². The summed E-state index contributed by atoms with van der Waals surface area (Å²) in [7, 11) is 0. The number of benzene rings is 5. The lowest BCUT2D eigenvalue weighted by Gasteiger charge is -2.11. The third kappa shape index (κ3) is 3.07. The van der Waals surface area contributed by atoms with E-state index in [1.54, 1.807) is 0 Å². The van der Waals surface area contributed by atoms with Crippen LogP contribution < -0.4 is 0 Å². The average Bonchev–Trinajstić information content (AvgIpc) is 3.51. The molecule has 0 spiro atoms. The highest BCUT2D eigenvalue weighted by Crippen LogP contribution is 2.41. The van der Waals surface area contributed by atoms with E-state index >= 15 is 0 Å². The van der Waals surface area contributed by atoms with Crippen LogP contribution in [-0.4, -0.2) is 9.13 Å². The molecule has 0 bridgehead atoms. The predicted octanol–water partition coefficient (Wildman–Crippen LogP) is 9.61. The predicted molar refractivity (Wildman–Crippen MR) is 161 cm³/mol. The third-order valence-corrected chi connectivity index (χ3v) is 7.94. The molecule has 0 saturated heterocycles. The Balaban J connectivity index is 1.47. The second-order valence-electron chi connectivity index (χ2n) is 10.1. The van der Waals surface area contributed by atoms with Gasteiger partial charge in [-0.15, -0.1) is 0 Å². The lowest BCUT2D eigenvalue weighted by atomic mass is 9.99. The molecule has 8 rings (SSSR count). The second kappa shape index (κ2) is 8.36. The van der Waals surface area contributed by atoms with Crippen LogP contribution in [0.4, 0.5) is 0 Å². The molecule has 0 unspecified atom stereocenters. The fourth-order valence-electron chi connectivity index (χ4n) is 6.26. The molecule has 0 fully saturated rings. The Labute approximate surface area is 221 Å². The Morgan fingerprint density at radius 1 is 0.474 bits per heavy atom. The van der Waals surface area contributed by atoms with Gasteiger partial charge in [-0.05, 0) is 66.4 Å². The first-order chi connectivity index (χ1) is 18.9. The van der Waals surface area contributed by atoms with Crippen molar-refractivity contribution < 1.29 is 0 Å². The summed E-state index contributed by atoms with van der Waals surface area (Å²) in [4.78, 5) is 0. The van der Waals surface area contributed by atoms with Crippen LogP contribution in [0.5, 0.6) is 0 Å². The van der Waals surface area contributed by atoms with Gasteiger partial charge in [-0.3, -0.25) is 0 Å². The van der Waals surface area contributed by atoms with Gasteiger partial charge in [-0.25, -0.2) is 0 Å². The van der Waals surface area contributed by atoms with Crippen LogP contribution in [0, 0.1) is 0 Å². The van der Waals surface area contributed by atoms with Gasteiger partial charge in [0, 0.05) is 32.9 Å². The lowest BCUT2D eigenvalue weighted by molar-refractivity contribution is 1.04. The van der Waals surface area contributed by atoms with E-state index in [1.807, 2.05) is 0 Å². The van der Waals surface area contributed by atoms with E-state index < -0.39 is 0 Å². The minimum Gasteiger partial charge on any atom is -0.309 e. The molecule has 1 aliphatic rings. The number of fused-ring (bicyclic) bond motifs is 7. The largest absolute Gasteiger partial charge is 0.309 e. The molecule has 0 amide bonds. The minimum absolute atomic E-state index is 1.12. The number of aromatic nitrogens is 2. The van der Waals surface area contributed by atoms with Crippen LogP contribution in [0.3, 0.4) is 0 Å². The van der Waals surface area contributed by atoms with Crippen molar-refractivity contribution >= 4 is 49.2 Å². The molecule has 5 aromatic carbocycles. The molecule has 0 atom stereocenters. The van der Waals surface area contributed by atoms with Gasteiger partial charge in [0.2, 0.25) is 0 Å². The highest BCUT2D eigenvalue weighted by atomic mass is 15.0. The molecule has 2 heteroatoms. The Hall–Kier alpha value is -4.82. The van der Waals surface area contributed by atoms with Gasteiger partial charge in [-0.2, -0.15) is 0 Å². The zero-order chi connectivity index (χ0) is 25.1. The number of nitrogens with zero attached hydrogens (tertiary/aromatic N) is 2. The first-order valence-electron chi connectivity index (χ1n) is 13.4. The number of para-hydroxylation sites is 3. The fraction of sp³-hybridized carbons (Fsp3) is 0.0556. The zero-order valence-corrected chi connectivity index (χ0v) is 21.0. The summed E-state index contributed by atoms with van der Waals surface area (Å²) in [5.74, 6) is 0. The number of hydrogen-bond acceptors (Lipinski definition) is 0. The third-order valence-electron chi connectivity index (χ3n) is 7.94. The summed E-state index contributed by atoms with van der Waals surface area (Å²) in [5, 5.41) is 5.13. The monoisotopic (exact) mass is 486 g/mol. The van der Waals surface area contributed by atoms with E-state index in [-0.39, 0.29) is 0 Å². The number of rotatable bonds is 3. The normalized spacial score (nSPS) is 13.6. The van der Waals surface area contributed by atoms with Crippen LogP contribution in [0.25, 0.3) is 60.6 Å². The van der Waals surface area contributed by atoms with Crippen LogP contribution >= 0.6 is 0 Å². The average molecular weight is 487 g/mol. The topological polar surface area (TPSA) is 9.86 Å². The van der Waals surface area contributed by atoms with Crippen molar-refractivity contribution in [3.8, 4) is 11.4 Å². The van der Waals surface area contributed by atoms with Crippen molar-refractivity contribution in [2.24, 2.45) is 0 Å². The molecule has 0 aliphatic heterocycles. The van der Waals surface area contributed by atoms with Gasteiger partial charge < -0.3 is 9.13 Å². The van der Waals surface area contributed by atoms with Crippen molar-refractivity contribution in [2.45, 2.75) is 12.8 Å². The molecular weight excluding hydrogens is 460 g/mol. The van der Waals surface area contributed by atoms with Crippen molar-refractivity contribution in [1.29, 1.82) is 0 Å². The fourth-order valence-corrected chi connectivity index (χ4v) is 6.26. The zero-order valence-electron chi connectivity index (χ0n) is 21.0. The molecule has 180 valence electrons. The molecule has 7 aromatic rings. The summed E-state index contributed by atoms with van der Waals surface area (Å²) in [6.07, 6.45) is 9.11. The summed E-state index contributed by atoms with van der Waals surface area (Å²) in [6.45, 7) is 0. The molecule has 2 heterocycles. The summed E-state index contributed by atoms with van der Waals surface area (Å²) < 4.78 is 4.86. The first kappa shape index (κ1) is 21.3. The van der Waals surface area contributed by atoms with Crippen LogP contribution in [-0.2, 0) is 0 Å². The Bertz CT molecular complexity index is 2050. The van der Waals surface area contributed by atoms with Crippen LogP contribution in [0.15, 0.2) is 133 Å². The molecule has 1 aliphatic carbocycles. The van der Waals surface area contributed by atoms with Gasteiger partial charge in [0.1, 0.15) is 0 Å². The molecule has 2 aromatic heterocycles. The van der Waals surface area contributed by atoms with E-state index in [4.69, 9.17) is 0 Å². The van der Waals surface area contributed by atoms with Crippen molar-refractivity contribution in [3.05, 3.63) is 139 Å². The lowest BCUT2D eigenvalue weighted by Crippen LogP contribution is -1.95. The summed E-state index contributed by atoms with van der Waals surface area (Å²) in [5.41, 5.74) is 9.90. The van der Waals surface area contributed by atoms with Gasteiger partial charge in [0.05, 0.1) is 22.1 Å². The Kier molecular flexibility index (Phi) is 4.68. The number of hydrogen-bond donors (Lipinski definition) is 0. The quantitative estimate of drug-likeness (QED) is 0.235. The first-order valence-corrected chi connectivity index (χ1v) is 13.4. The van der Waals surface area contributed by atoms with Crippen LogP contribution in [0.1, 0.15) is 18.4 Å². The molecule has 0 saturated carbocycles. The maximum absolute atomic E-state index is 2.44. The van der Waals surface area contributed by atoms with Crippen molar-refractivity contribution in [1.82, 2.24) is 9.13 Å². The molecule has 2 nitrogen and oxygen atoms in total. The molecule has 38 heavy (non-hydrogen) atoms. The Morgan fingerprint density at radius 3 is 1.92 bits per heavy atom. The van der Waals surface area contributed by atoms with Crippen LogP contribution in [0.2, 0.25) is 0 Å². The molecular formula is C36H26N2. The van der Waals surface area contributed by atoms with Crippen molar-refractivity contribution in [3.63, 3.8) is 0 Å². The number of allylic oxidation sites excluding steroid dienone is 4. The van der Waals surface area contributed by atoms with E-state index in [0.717, 1.165) is 12.8 Å². The summed E-state index contributed by atoms with van der Waals surface area (Å²) in [6, 6.07) is 42.0. The van der Waals surface area contributed by atoms with E-state index in [0.29, 0.717) is 0 Å². The summed E-state index contributed by atoms with van der Waals surface area (Å²) >= 11 is 0. The standard InChI is InChI=1S/C36H26N2/c1-3-11-25(12-4-1)26-19-21-28(22-20-26)37-33-18-10-8-16-31(33)35-34(37)24-23-30-29-15-7-9-17-32(29)38(36(30)35)27-13-5-2-6-14-27/h2-3,5-24H,1,4H2. The molecule has 0 N–H and O–H groups in total. The minimum atomic E-state index is 1.12. The maximum atomic E-state index is 2.44. The van der Waals surface area contributed by atoms with E-state index in [9.17, 15) is 0 Å². The SMILES string of the molecule is C1=CC(c2ccc(-n3c4ccccc4c4c3ccc3c5ccccc5n(-c5ccccc5)c34)cc2)=CCC1. The van der Waals surface area contributed by atoms with Gasteiger partial charge >= 0.3 is 0 Å². The maximum Gasteiger partial charge on any atom is 0.0641 e. The molecule has 0 radical (unpaired) electrons.